The Hall–Kier alpha value is -2.16. The van der Waals surface area contributed by atoms with Crippen molar-refractivity contribution in [1.82, 2.24) is 10.6 Å². The number of rotatable bonds is 5. The van der Waals surface area contributed by atoms with E-state index in [1.807, 2.05) is 18.2 Å². The molecule has 0 atom stereocenters. The van der Waals surface area contributed by atoms with Gasteiger partial charge in [-0.2, -0.15) is 13.2 Å². The van der Waals surface area contributed by atoms with Crippen LogP contribution in [0.2, 0.25) is 0 Å². The van der Waals surface area contributed by atoms with Crippen LogP contribution in [0.25, 0.3) is 0 Å². The van der Waals surface area contributed by atoms with Gasteiger partial charge in [0, 0.05) is 38.8 Å². The molecule has 0 amide bonds. The lowest BCUT2D eigenvalue weighted by Crippen LogP contribution is -2.48. The van der Waals surface area contributed by atoms with Crippen LogP contribution in [-0.2, 0) is 10.2 Å². The summed E-state index contributed by atoms with van der Waals surface area (Å²) in [5, 5.41) is 5.90. The maximum absolute atomic E-state index is 12.3. The number of hydrogen-bond donors (Lipinski definition) is 2. The fourth-order valence-electron chi connectivity index (χ4n) is 3.35. The van der Waals surface area contributed by atoms with Crippen molar-refractivity contribution >= 4 is 5.96 Å². The molecule has 2 N–H and O–H groups in total. The van der Waals surface area contributed by atoms with Crippen LogP contribution in [0.15, 0.2) is 23.2 Å². The summed E-state index contributed by atoms with van der Waals surface area (Å²) in [6.45, 7) is 1.76. The van der Waals surface area contributed by atoms with E-state index >= 15 is 0 Å². The zero-order valence-corrected chi connectivity index (χ0v) is 15.2. The zero-order chi connectivity index (χ0) is 19.3. The first-order valence-electron chi connectivity index (χ1n) is 8.91. The van der Waals surface area contributed by atoms with Crippen LogP contribution < -0.4 is 20.1 Å². The highest BCUT2D eigenvalue weighted by atomic mass is 19.4. The van der Waals surface area contributed by atoms with Crippen molar-refractivity contribution in [3.63, 3.8) is 0 Å². The fraction of sp³-hybridized carbons (Fsp3) is 0.611. The highest BCUT2D eigenvalue weighted by Gasteiger charge is 2.36. The lowest BCUT2D eigenvalue weighted by Gasteiger charge is -2.38. The van der Waals surface area contributed by atoms with Gasteiger partial charge in [0.15, 0.2) is 17.5 Å². The molecule has 1 aromatic carbocycles. The van der Waals surface area contributed by atoms with E-state index in [0.29, 0.717) is 31.5 Å². The lowest BCUT2D eigenvalue weighted by molar-refractivity contribution is -0.132. The summed E-state index contributed by atoms with van der Waals surface area (Å²) in [5.74, 6) is 1.79. The number of fused-ring (bicyclic) bond motifs is 1. The molecule has 0 saturated carbocycles. The Morgan fingerprint density at radius 2 is 1.89 bits per heavy atom. The number of aliphatic imine (C=N–C) groups is 1. The van der Waals surface area contributed by atoms with Crippen molar-refractivity contribution in [2.75, 3.05) is 40.1 Å². The van der Waals surface area contributed by atoms with Gasteiger partial charge in [-0.3, -0.25) is 4.99 Å². The maximum atomic E-state index is 12.3. The van der Waals surface area contributed by atoms with Gasteiger partial charge in [0.05, 0.1) is 6.42 Å². The summed E-state index contributed by atoms with van der Waals surface area (Å²) >= 11 is 0. The topological polar surface area (TPSA) is 64.1 Å². The molecule has 9 heteroatoms. The van der Waals surface area contributed by atoms with E-state index in [1.54, 1.807) is 7.05 Å². The number of halogens is 3. The molecular weight excluding hydrogens is 363 g/mol. The quantitative estimate of drug-likeness (QED) is 0.601. The highest BCUT2D eigenvalue weighted by molar-refractivity contribution is 5.79. The van der Waals surface area contributed by atoms with E-state index in [9.17, 15) is 13.2 Å². The Morgan fingerprint density at radius 3 is 2.59 bits per heavy atom. The van der Waals surface area contributed by atoms with Crippen molar-refractivity contribution < 1.29 is 27.4 Å². The van der Waals surface area contributed by atoms with E-state index < -0.39 is 12.6 Å². The second kappa shape index (κ2) is 8.24. The zero-order valence-electron chi connectivity index (χ0n) is 15.2. The molecule has 1 aromatic rings. The summed E-state index contributed by atoms with van der Waals surface area (Å²) < 4.78 is 53.4. The van der Waals surface area contributed by atoms with E-state index in [4.69, 9.17) is 14.2 Å². The van der Waals surface area contributed by atoms with Gasteiger partial charge in [-0.15, -0.1) is 0 Å². The largest absolute Gasteiger partial charge is 0.454 e. The lowest BCUT2D eigenvalue weighted by atomic mass is 9.74. The van der Waals surface area contributed by atoms with Gasteiger partial charge in [0.25, 0.3) is 0 Å². The number of alkyl halides is 3. The molecule has 0 spiro atoms. The molecule has 2 aliphatic heterocycles. The molecule has 0 aromatic heterocycles. The minimum absolute atomic E-state index is 0.211. The molecule has 150 valence electrons. The number of ether oxygens (including phenoxy) is 3. The Labute approximate surface area is 156 Å². The first-order valence-corrected chi connectivity index (χ1v) is 8.91. The van der Waals surface area contributed by atoms with Crippen molar-refractivity contribution in [2.45, 2.75) is 30.9 Å². The van der Waals surface area contributed by atoms with Gasteiger partial charge >= 0.3 is 6.18 Å². The Morgan fingerprint density at radius 1 is 1.15 bits per heavy atom. The van der Waals surface area contributed by atoms with Gasteiger partial charge in [-0.05, 0) is 30.5 Å². The molecule has 27 heavy (non-hydrogen) atoms. The van der Waals surface area contributed by atoms with E-state index in [0.717, 1.165) is 24.2 Å². The van der Waals surface area contributed by atoms with Crippen molar-refractivity contribution in [1.29, 1.82) is 0 Å². The fourth-order valence-corrected chi connectivity index (χ4v) is 3.35. The highest BCUT2D eigenvalue weighted by Crippen LogP contribution is 2.40. The van der Waals surface area contributed by atoms with Crippen LogP contribution in [0, 0.1) is 0 Å². The molecule has 2 aliphatic rings. The minimum Gasteiger partial charge on any atom is -0.454 e. The summed E-state index contributed by atoms with van der Waals surface area (Å²) in [5.41, 5.74) is 0.870. The second-order valence-corrected chi connectivity index (χ2v) is 6.68. The summed E-state index contributed by atoms with van der Waals surface area (Å²) in [6, 6.07) is 5.89. The molecule has 0 bridgehead atoms. The van der Waals surface area contributed by atoms with Crippen LogP contribution in [0.3, 0.4) is 0 Å². The summed E-state index contributed by atoms with van der Waals surface area (Å²) in [4.78, 5) is 4.03. The third-order valence-corrected chi connectivity index (χ3v) is 4.95. The molecular formula is C18H24F3N3O3. The van der Waals surface area contributed by atoms with Gasteiger partial charge in [0.1, 0.15) is 0 Å². The molecule has 3 rings (SSSR count). The van der Waals surface area contributed by atoms with Crippen LogP contribution in [0.4, 0.5) is 13.2 Å². The predicted octanol–water partition coefficient (Wildman–Crippen LogP) is 2.58. The van der Waals surface area contributed by atoms with Crippen LogP contribution >= 0.6 is 0 Å². The standard InChI is InChI=1S/C18H24F3N3O3/c1-22-16(23-7-4-18(19,20)21)24-11-17(5-8-25-9-6-17)13-2-3-14-15(10-13)27-12-26-14/h2-3,10H,4-9,11-12H2,1H3,(H2,22,23,24). The van der Waals surface area contributed by atoms with E-state index in [2.05, 4.69) is 15.6 Å². The number of hydrogen-bond acceptors (Lipinski definition) is 4. The Bertz CT molecular complexity index is 674. The second-order valence-electron chi connectivity index (χ2n) is 6.68. The first-order chi connectivity index (χ1) is 12.9. The van der Waals surface area contributed by atoms with Gasteiger partial charge in [0.2, 0.25) is 6.79 Å². The molecule has 2 heterocycles. The number of benzene rings is 1. The SMILES string of the molecule is CN=C(NCCC(F)(F)F)NCC1(c2ccc3c(c2)OCO3)CCOCC1. The predicted molar refractivity (Wildman–Crippen MR) is 94.3 cm³/mol. The average molecular weight is 387 g/mol. The van der Waals surface area contributed by atoms with E-state index in [-0.39, 0.29) is 18.8 Å². The van der Waals surface area contributed by atoms with Gasteiger partial charge in [-0.1, -0.05) is 6.07 Å². The molecule has 6 nitrogen and oxygen atoms in total. The molecule has 0 radical (unpaired) electrons. The van der Waals surface area contributed by atoms with Crippen molar-refractivity contribution in [2.24, 2.45) is 4.99 Å². The monoisotopic (exact) mass is 387 g/mol. The summed E-state index contributed by atoms with van der Waals surface area (Å²) in [7, 11) is 1.54. The van der Waals surface area contributed by atoms with E-state index in [1.165, 1.54) is 0 Å². The smallest absolute Gasteiger partial charge is 0.390 e. The average Bonchev–Trinajstić information content (AvgIpc) is 3.12. The maximum Gasteiger partial charge on any atom is 0.390 e. The van der Waals surface area contributed by atoms with Crippen molar-refractivity contribution in [3.8, 4) is 11.5 Å². The van der Waals surface area contributed by atoms with Crippen molar-refractivity contribution in [3.05, 3.63) is 23.8 Å². The van der Waals surface area contributed by atoms with Crippen LogP contribution in [0.1, 0.15) is 24.8 Å². The third kappa shape index (κ3) is 4.97. The number of nitrogens with zero attached hydrogens (tertiary/aromatic N) is 1. The molecule has 0 aliphatic carbocycles. The molecule has 1 fully saturated rings. The first kappa shape index (κ1) is 19.6. The number of nitrogens with one attached hydrogen (secondary N) is 2. The normalized spacial score (nSPS) is 19.0. The Balaban J connectivity index is 1.68. The minimum atomic E-state index is -4.19. The van der Waals surface area contributed by atoms with Gasteiger partial charge in [-0.25, -0.2) is 0 Å². The third-order valence-electron chi connectivity index (χ3n) is 4.95. The Kier molecular flexibility index (Phi) is 5.98. The molecule has 1 saturated heterocycles. The van der Waals surface area contributed by atoms with Crippen LogP contribution in [0.5, 0.6) is 11.5 Å². The van der Waals surface area contributed by atoms with Crippen LogP contribution in [-0.4, -0.2) is 52.3 Å². The number of guanidine groups is 1. The molecule has 0 unspecified atom stereocenters. The summed E-state index contributed by atoms with van der Waals surface area (Å²) in [6.07, 6.45) is -3.52. The van der Waals surface area contributed by atoms with Gasteiger partial charge < -0.3 is 24.8 Å².